The van der Waals surface area contributed by atoms with Gasteiger partial charge in [-0.05, 0) is 60.7 Å². The van der Waals surface area contributed by atoms with Gasteiger partial charge in [0.15, 0.2) is 0 Å². The lowest BCUT2D eigenvalue weighted by Crippen LogP contribution is -2.02. The van der Waals surface area contributed by atoms with Crippen LogP contribution in [0.15, 0.2) is 49.6 Å². The second-order valence-corrected chi connectivity index (χ2v) is 6.69. The van der Waals surface area contributed by atoms with E-state index < -0.39 is 0 Å². The summed E-state index contributed by atoms with van der Waals surface area (Å²) in [6.45, 7) is 21.0. The number of aromatic nitrogens is 1. The van der Waals surface area contributed by atoms with Crippen LogP contribution in [0.2, 0.25) is 0 Å². The normalized spacial score (nSPS) is 10.6. The van der Waals surface area contributed by atoms with Crippen LogP contribution >= 0.6 is 0 Å². The number of hydrogen-bond acceptors (Lipinski definition) is 0. The maximum Gasteiger partial charge on any atom is 0.0541 e. The highest BCUT2D eigenvalue weighted by Gasteiger charge is 2.16. The average molecular weight is 346 g/mol. The first-order chi connectivity index (χ1) is 12.5. The zero-order valence-corrected chi connectivity index (χ0v) is 17.1. The monoisotopic (exact) mass is 345 g/mol. The first kappa shape index (κ1) is 19.8. The maximum atomic E-state index is 4.05. The Morgan fingerprint density at radius 3 is 2.19 bits per heavy atom. The number of para-hydroxylation sites is 1. The molecule has 0 atom stereocenters. The van der Waals surface area contributed by atoms with E-state index in [0.29, 0.717) is 5.92 Å². The SMILES string of the molecule is C=Cc1c(C=C)n(-c2cc(C)c(C)c(C(C)C)c2)c2ccccc12.CC. The fraction of sp³-hybridized carbons (Fsp3) is 0.280. The number of rotatable bonds is 4. The van der Waals surface area contributed by atoms with Gasteiger partial charge in [0.05, 0.1) is 11.2 Å². The molecule has 136 valence electrons. The standard InChI is InChI=1S/C23H25N.C2H6/c1-7-19-20-11-9-10-12-23(20)24(22(19)8-2)18-13-16(5)17(6)21(14-18)15(3)4;1-2/h7-15H,1-2H2,3-6H3;1-2H3. The van der Waals surface area contributed by atoms with Crippen molar-refractivity contribution in [3.05, 3.63) is 77.5 Å². The molecule has 2 aromatic carbocycles. The molecule has 3 rings (SSSR count). The van der Waals surface area contributed by atoms with Gasteiger partial charge < -0.3 is 4.57 Å². The minimum absolute atomic E-state index is 0.497. The molecule has 1 heteroatoms. The first-order valence-electron chi connectivity index (χ1n) is 9.49. The molecule has 1 heterocycles. The maximum absolute atomic E-state index is 4.05. The summed E-state index contributed by atoms with van der Waals surface area (Å²) in [7, 11) is 0. The minimum Gasteiger partial charge on any atom is -0.309 e. The lowest BCUT2D eigenvalue weighted by Gasteiger charge is -2.17. The van der Waals surface area contributed by atoms with Gasteiger partial charge >= 0.3 is 0 Å². The lowest BCUT2D eigenvalue weighted by molar-refractivity contribution is 0.850. The predicted molar refractivity (Wildman–Crippen MR) is 118 cm³/mol. The van der Waals surface area contributed by atoms with E-state index in [-0.39, 0.29) is 0 Å². The minimum atomic E-state index is 0.497. The molecule has 1 nitrogen and oxygen atoms in total. The first-order valence-corrected chi connectivity index (χ1v) is 9.49. The zero-order chi connectivity index (χ0) is 19.4. The van der Waals surface area contributed by atoms with E-state index >= 15 is 0 Å². The highest BCUT2D eigenvalue weighted by molar-refractivity contribution is 5.95. The average Bonchev–Trinajstić information content (AvgIpc) is 2.98. The number of nitrogens with zero attached hydrogens (tertiary/aromatic N) is 1. The molecule has 0 unspecified atom stereocenters. The summed E-state index contributed by atoms with van der Waals surface area (Å²) in [6.07, 6.45) is 3.86. The van der Waals surface area contributed by atoms with Gasteiger partial charge in [-0.15, -0.1) is 0 Å². The van der Waals surface area contributed by atoms with Crippen molar-refractivity contribution in [2.75, 3.05) is 0 Å². The number of fused-ring (bicyclic) bond motifs is 1. The topological polar surface area (TPSA) is 4.93 Å². The Morgan fingerprint density at radius 2 is 1.62 bits per heavy atom. The van der Waals surface area contributed by atoms with Gasteiger partial charge in [-0.25, -0.2) is 0 Å². The second kappa shape index (κ2) is 8.23. The second-order valence-electron chi connectivity index (χ2n) is 6.69. The lowest BCUT2D eigenvalue weighted by atomic mass is 9.94. The number of hydrogen-bond donors (Lipinski definition) is 0. The Balaban J connectivity index is 0.00000117. The van der Waals surface area contributed by atoms with Gasteiger partial charge in [0, 0.05) is 16.6 Å². The van der Waals surface area contributed by atoms with Crippen LogP contribution in [0.25, 0.3) is 28.7 Å². The van der Waals surface area contributed by atoms with Crippen LogP contribution in [0, 0.1) is 13.8 Å². The van der Waals surface area contributed by atoms with Crippen molar-refractivity contribution in [2.24, 2.45) is 0 Å². The molecule has 0 N–H and O–H groups in total. The van der Waals surface area contributed by atoms with Gasteiger partial charge in [0.1, 0.15) is 0 Å². The predicted octanol–water partition coefficient (Wildman–Crippen LogP) is 7.68. The third-order valence-corrected chi connectivity index (χ3v) is 4.92. The van der Waals surface area contributed by atoms with Crippen LogP contribution < -0.4 is 0 Å². The largest absolute Gasteiger partial charge is 0.309 e. The molecule has 26 heavy (non-hydrogen) atoms. The highest BCUT2D eigenvalue weighted by atomic mass is 15.0. The van der Waals surface area contributed by atoms with Gasteiger partial charge in [0.2, 0.25) is 0 Å². The van der Waals surface area contributed by atoms with Crippen molar-refractivity contribution in [3.63, 3.8) is 0 Å². The van der Waals surface area contributed by atoms with E-state index in [0.717, 1.165) is 11.3 Å². The Bertz CT molecular complexity index is 938. The summed E-state index contributed by atoms with van der Waals surface area (Å²) in [5.74, 6) is 0.497. The zero-order valence-electron chi connectivity index (χ0n) is 17.1. The summed E-state index contributed by atoms with van der Waals surface area (Å²) in [4.78, 5) is 0. The summed E-state index contributed by atoms with van der Waals surface area (Å²) >= 11 is 0. The smallest absolute Gasteiger partial charge is 0.0541 e. The molecule has 1 aromatic heterocycles. The van der Waals surface area contributed by atoms with Crippen LogP contribution in [0.3, 0.4) is 0 Å². The van der Waals surface area contributed by atoms with Crippen molar-refractivity contribution >= 4 is 23.1 Å². The molecule has 0 saturated heterocycles. The van der Waals surface area contributed by atoms with Crippen LogP contribution in [0.4, 0.5) is 0 Å². The van der Waals surface area contributed by atoms with Crippen LogP contribution in [0.1, 0.15) is 61.6 Å². The molecule has 0 aliphatic rings. The molecule has 0 saturated carbocycles. The highest BCUT2D eigenvalue weighted by Crippen LogP contribution is 2.33. The molecule has 3 aromatic rings. The van der Waals surface area contributed by atoms with Crippen molar-refractivity contribution < 1.29 is 0 Å². The van der Waals surface area contributed by atoms with Gasteiger partial charge in [-0.1, -0.05) is 65.1 Å². The number of aryl methyl sites for hydroxylation is 1. The van der Waals surface area contributed by atoms with Gasteiger partial charge in [-0.3, -0.25) is 0 Å². The van der Waals surface area contributed by atoms with E-state index in [4.69, 9.17) is 0 Å². The Hall–Kier alpha value is -2.54. The van der Waals surface area contributed by atoms with Crippen molar-refractivity contribution in [2.45, 2.75) is 47.5 Å². The third-order valence-electron chi connectivity index (χ3n) is 4.92. The van der Waals surface area contributed by atoms with E-state index in [1.165, 1.54) is 33.3 Å². The molecule has 0 aliphatic heterocycles. The van der Waals surface area contributed by atoms with Crippen molar-refractivity contribution in [1.82, 2.24) is 4.57 Å². The molecule has 0 bridgehead atoms. The molecule has 0 fully saturated rings. The summed E-state index contributed by atoms with van der Waals surface area (Å²) in [5.41, 5.74) is 8.74. The van der Waals surface area contributed by atoms with E-state index in [2.05, 4.69) is 81.8 Å². The summed E-state index contributed by atoms with van der Waals surface area (Å²) in [6, 6.07) is 13.1. The van der Waals surface area contributed by atoms with E-state index in [1.807, 2.05) is 26.0 Å². The third kappa shape index (κ3) is 3.26. The fourth-order valence-electron chi connectivity index (χ4n) is 3.57. The van der Waals surface area contributed by atoms with Crippen molar-refractivity contribution in [1.29, 1.82) is 0 Å². The Morgan fingerprint density at radius 1 is 0.962 bits per heavy atom. The Labute approximate surface area is 158 Å². The molecule has 0 spiro atoms. The van der Waals surface area contributed by atoms with Crippen LogP contribution in [-0.4, -0.2) is 4.57 Å². The van der Waals surface area contributed by atoms with Gasteiger partial charge in [0.25, 0.3) is 0 Å². The Kier molecular flexibility index (Phi) is 6.26. The quantitative estimate of drug-likeness (QED) is 0.457. The van der Waals surface area contributed by atoms with E-state index in [9.17, 15) is 0 Å². The molecular formula is C25H31N. The fourth-order valence-corrected chi connectivity index (χ4v) is 3.57. The molecular weight excluding hydrogens is 314 g/mol. The van der Waals surface area contributed by atoms with Crippen LogP contribution in [0.5, 0.6) is 0 Å². The van der Waals surface area contributed by atoms with E-state index in [1.54, 1.807) is 0 Å². The van der Waals surface area contributed by atoms with Gasteiger partial charge in [-0.2, -0.15) is 0 Å². The summed E-state index contributed by atoms with van der Waals surface area (Å²) < 4.78 is 2.30. The molecule has 0 radical (unpaired) electrons. The molecule has 0 amide bonds. The molecule has 0 aliphatic carbocycles. The van der Waals surface area contributed by atoms with Crippen molar-refractivity contribution in [3.8, 4) is 5.69 Å². The number of benzene rings is 2. The van der Waals surface area contributed by atoms with Crippen LogP contribution in [-0.2, 0) is 0 Å². The summed E-state index contributed by atoms with van der Waals surface area (Å²) in [5, 5.41) is 1.21.